The Labute approximate surface area is 440 Å². The molecule has 0 aliphatic carbocycles. The molecule has 1 atom stereocenters. The molecule has 0 amide bonds. The van der Waals surface area contributed by atoms with Crippen LogP contribution in [0.1, 0.15) is 303 Å². The van der Waals surface area contributed by atoms with Crippen molar-refractivity contribution >= 4 is 17.9 Å². The van der Waals surface area contributed by atoms with Gasteiger partial charge in [-0.3, -0.25) is 14.4 Å². The van der Waals surface area contributed by atoms with Gasteiger partial charge in [0.05, 0.1) is 0 Å². The molecule has 0 radical (unpaired) electrons. The van der Waals surface area contributed by atoms with Gasteiger partial charge in [0, 0.05) is 19.3 Å². The van der Waals surface area contributed by atoms with Crippen molar-refractivity contribution in [3.63, 3.8) is 0 Å². The molecule has 410 valence electrons. The van der Waals surface area contributed by atoms with Crippen molar-refractivity contribution in [1.82, 2.24) is 0 Å². The predicted molar refractivity (Wildman–Crippen MR) is 307 cm³/mol. The average Bonchev–Trinajstić information content (AvgIpc) is 3.37. The van der Waals surface area contributed by atoms with E-state index in [0.717, 1.165) is 109 Å². The molecule has 0 aromatic heterocycles. The first-order chi connectivity index (χ1) is 35.0. The standard InChI is InChI=1S/C65H114O6/c1-4-7-10-13-16-19-22-25-27-28-29-30-31-32-33-34-35-36-38-40-43-46-49-52-55-58-64(67)70-61-62(60-69-63(66)57-54-51-48-45-42-39-24-21-18-15-12-9-6-3)71-65(68)59-56-53-50-47-44-41-37-26-23-20-17-14-11-8-5-2/h8,11,17,20-22,24-26,28-29,37,62H,4-7,9-10,12-16,18-19,23,27,30-36,38-61H2,1-3H3/b11-8-,20-17-,24-21-,25-22-,29-28-,37-26-. The third-order valence-corrected chi connectivity index (χ3v) is 13.2. The number of hydrogen-bond donors (Lipinski definition) is 0. The average molecular weight is 992 g/mol. The number of esters is 3. The molecule has 1 unspecified atom stereocenters. The number of rotatable bonds is 55. The van der Waals surface area contributed by atoms with E-state index < -0.39 is 6.10 Å². The third-order valence-electron chi connectivity index (χ3n) is 13.2. The SMILES string of the molecule is CC/C=C\C/C=C\C/C=C\CCCCCCCC(=O)OC(COC(=O)CCCCCCC/C=C\CCCCCC)COC(=O)CCCCCCCCCCCCCCC/C=C\C/C=C\CCCCCCC. The maximum atomic E-state index is 12.9. The lowest BCUT2D eigenvalue weighted by Gasteiger charge is -2.18. The third kappa shape index (κ3) is 57.6. The highest BCUT2D eigenvalue weighted by atomic mass is 16.6. The quantitative estimate of drug-likeness (QED) is 0.0261. The second kappa shape index (κ2) is 59.4. The lowest BCUT2D eigenvalue weighted by molar-refractivity contribution is -0.167. The Bertz CT molecular complexity index is 1320. The van der Waals surface area contributed by atoms with Crippen molar-refractivity contribution in [2.24, 2.45) is 0 Å². The van der Waals surface area contributed by atoms with Crippen LogP contribution < -0.4 is 0 Å². The van der Waals surface area contributed by atoms with E-state index in [1.54, 1.807) is 0 Å². The molecule has 0 saturated heterocycles. The first-order valence-electron chi connectivity index (χ1n) is 30.4. The zero-order valence-corrected chi connectivity index (χ0v) is 47.0. The number of carbonyl (C=O) groups excluding carboxylic acids is 3. The first kappa shape index (κ1) is 67.8. The van der Waals surface area contributed by atoms with Gasteiger partial charge in [-0.05, 0) is 109 Å². The molecule has 0 heterocycles. The molecule has 0 saturated carbocycles. The van der Waals surface area contributed by atoms with Crippen LogP contribution in [-0.4, -0.2) is 37.2 Å². The van der Waals surface area contributed by atoms with Gasteiger partial charge in [-0.1, -0.05) is 248 Å². The molecule has 0 rings (SSSR count). The molecule has 0 fully saturated rings. The molecule has 0 aliphatic heterocycles. The van der Waals surface area contributed by atoms with E-state index in [1.165, 1.54) is 154 Å². The summed E-state index contributed by atoms with van der Waals surface area (Å²) in [6, 6.07) is 0. The number of hydrogen-bond acceptors (Lipinski definition) is 6. The smallest absolute Gasteiger partial charge is 0.306 e. The zero-order valence-electron chi connectivity index (χ0n) is 47.0. The summed E-state index contributed by atoms with van der Waals surface area (Å²) in [6.07, 6.45) is 76.2. The minimum Gasteiger partial charge on any atom is -0.462 e. The van der Waals surface area contributed by atoms with Crippen LogP contribution in [0.25, 0.3) is 0 Å². The normalized spacial score (nSPS) is 12.5. The Balaban J connectivity index is 4.28. The zero-order chi connectivity index (χ0) is 51.4. The van der Waals surface area contributed by atoms with Crippen molar-refractivity contribution in [1.29, 1.82) is 0 Å². The summed E-state index contributed by atoms with van der Waals surface area (Å²) in [5.74, 6) is -0.901. The van der Waals surface area contributed by atoms with Gasteiger partial charge in [0.2, 0.25) is 0 Å². The van der Waals surface area contributed by atoms with Gasteiger partial charge in [-0.15, -0.1) is 0 Å². The Kier molecular flexibility index (Phi) is 56.8. The minimum absolute atomic E-state index is 0.0843. The fourth-order valence-corrected chi connectivity index (χ4v) is 8.60. The number of ether oxygens (including phenoxy) is 3. The summed E-state index contributed by atoms with van der Waals surface area (Å²) in [7, 11) is 0. The number of allylic oxidation sites excluding steroid dienone is 12. The molecule has 6 heteroatoms. The van der Waals surface area contributed by atoms with E-state index in [-0.39, 0.29) is 31.1 Å². The Morgan fingerprint density at radius 1 is 0.296 bits per heavy atom. The summed E-state index contributed by atoms with van der Waals surface area (Å²) in [5, 5.41) is 0. The maximum absolute atomic E-state index is 12.9. The van der Waals surface area contributed by atoms with Gasteiger partial charge in [-0.25, -0.2) is 0 Å². The molecule has 0 N–H and O–H groups in total. The highest BCUT2D eigenvalue weighted by Crippen LogP contribution is 2.16. The van der Waals surface area contributed by atoms with Crippen molar-refractivity contribution < 1.29 is 28.6 Å². The fraction of sp³-hybridized carbons (Fsp3) is 0.769. The van der Waals surface area contributed by atoms with E-state index in [4.69, 9.17) is 14.2 Å². The van der Waals surface area contributed by atoms with E-state index in [0.29, 0.717) is 19.3 Å². The van der Waals surface area contributed by atoms with Gasteiger partial charge in [0.15, 0.2) is 6.10 Å². The fourth-order valence-electron chi connectivity index (χ4n) is 8.60. The second-order valence-electron chi connectivity index (χ2n) is 20.2. The highest BCUT2D eigenvalue weighted by Gasteiger charge is 2.19. The molecule has 6 nitrogen and oxygen atoms in total. The topological polar surface area (TPSA) is 78.9 Å². The molecular formula is C65H114O6. The summed E-state index contributed by atoms with van der Waals surface area (Å²) in [6.45, 7) is 6.50. The first-order valence-corrected chi connectivity index (χ1v) is 30.4. The Morgan fingerprint density at radius 3 is 0.887 bits per heavy atom. The van der Waals surface area contributed by atoms with E-state index >= 15 is 0 Å². The summed E-state index contributed by atoms with van der Waals surface area (Å²) in [4.78, 5) is 38.2. The molecule has 0 aliphatic rings. The van der Waals surface area contributed by atoms with Gasteiger partial charge < -0.3 is 14.2 Å². The van der Waals surface area contributed by atoms with Crippen LogP contribution in [0.2, 0.25) is 0 Å². The highest BCUT2D eigenvalue weighted by molar-refractivity contribution is 5.71. The number of carbonyl (C=O) groups is 3. The molecule has 0 bridgehead atoms. The van der Waals surface area contributed by atoms with Gasteiger partial charge in [0.25, 0.3) is 0 Å². The number of unbranched alkanes of at least 4 members (excludes halogenated alkanes) is 32. The summed E-state index contributed by atoms with van der Waals surface area (Å²) < 4.78 is 16.9. The van der Waals surface area contributed by atoms with Crippen LogP contribution in [0.15, 0.2) is 72.9 Å². The van der Waals surface area contributed by atoms with Crippen LogP contribution >= 0.6 is 0 Å². The van der Waals surface area contributed by atoms with Crippen molar-refractivity contribution in [3.05, 3.63) is 72.9 Å². The molecule has 71 heavy (non-hydrogen) atoms. The largest absolute Gasteiger partial charge is 0.462 e. The van der Waals surface area contributed by atoms with Gasteiger partial charge in [-0.2, -0.15) is 0 Å². The van der Waals surface area contributed by atoms with Crippen LogP contribution in [0, 0.1) is 0 Å². The Morgan fingerprint density at radius 2 is 0.549 bits per heavy atom. The van der Waals surface area contributed by atoms with Crippen molar-refractivity contribution in [2.75, 3.05) is 13.2 Å². The summed E-state index contributed by atoms with van der Waals surface area (Å²) >= 11 is 0. The molecule has 0 spiro atoms. The predicted octanol–water partition coefficient (Wildman–Crippen LogP) is 20.5. The van der Waals surface area contributed by atoms with Gasteiger partial charge >= 0.3 is 17.9 Å². The molecule has 0 aromatic rings. The van der Waals surface area contributed by atoms with Crippen LogP contribution in [0.3, 0.4) is 0 Å². The Hall–Kier alpha value is -3.15. The lowest BCUT2D eigenvalue weighted by atomic mass is 10.0. The van der Waals surface area contributed by atoms with E-state index in [9.17, 15) is 14.4 Å². The van der Waals surface area contributed by atoms with Crippen LogP contribution in [0.5, 0.6) is 0 Å². The van der Waals surface area contributed by atoms with E-state index in [2.05, 4.69) is 93.7 Å². The monoisotopic (exact) mass is 991 g/mol. The van der Waals surface area contributed by atoms with Crippen molar-refractivity contribution in [2.45, 2.75) is 309 Å². The minimum atomic E-state index is -0.788. The lowest BCUT2D eigenvalue weighted by Crippen LogP contribution is -2.30. The van der Waals surface area contributed by atoms with Gasteiger partial charge in [0.1, 0.15) is 13.2 Å². The molecule has 0 aromatic carbocycles. The second-order valence-corrected chi connectivity index (χ2v) is 20.2. The molecular weight excluding hydrogens is 877 g/mol. The van der Waals surface area contributed by atoms with Crippen molar-refractivity contribution in [3.8, 4) is 0 Å². The van der Waals surface area contributed by atoms with E-state index in [1.807, 2.05) is 0 Å². The summed E-state index contributed by atoms with van der Waals surface area (Å²) in [5.41, 5.74) is 0. The van der Waals surface area contributed by atoms with Crippen LogP contribution in [0.4, 0.5) is 0 Å². The maximum Gasteiger partial charge on any atom is 0.306 e. The van der Waals surface area contributed by atoms with Crippen LogP contribution in [-0.2, 0) is 28.6 Å².